The van der Waals surface area contributed by atoms with E-state index in [9.17, 15) is 0 Å². The standard InChI is InChI=1S/C16H32N2/c1-13-8-7-11-16(12-13,18(3)4)15(17-2)14-9-5-6-10-14/h13-15,17H,5-12H2,1-4H3. The second-order valence-corrected chi connectivity index (χ2v) is 7.01. The van der Waals surface area contributed by atoms with Gasteiger partial charge in [-0.15, -0.1) is 0 Å². The number of nitrogens with one attached hydrogen (secondary N) is 1. The fourth-order valence-corrected chi connectivity index (χ4v) is 4.76. The lowest BCUT2D eigenvalue weighted by molar-refractivity contribution is 0.0192. The smallest absolute Gasteiger partial charge is 0.0361 e. The van der Waals surface area contributed by atoms with E-state index in [1.807, 2.05) is 0 Å². The number of rotatable bonds is 4. The summed E-state index contributed by atoms with van der Waals surface area (Å²) in [6.45, 7) is 2.44. The van der Waals surface area contributed by atoms with Crippen molar-refractivity contribution >= 4 is 0 Å². The van der Waals surface area contributed by atoms with Crippen molar-refractivity contribution in [1.82, 2.24) is 10.2 Å². The molecule has 1 N–H and O–H groups in total. The highest BCUT2D eigenvalue weighted by Gasteiger charge is 2.46. The molecule has 106 valence electrons. The Morgan fingerprint density at radius 2 is 1.78 bits per heavy atom. The maximum atomic E-state index is 3.71. The van der Waals surface area contributed by atoms with Crippen LogP contribution >= 0.6 is 0 Å². The molecule has 0 aromatic carbocycles. The van der Waals surface area contributed by atoms with E-state index < -0.39 is 0 Å². The van der Waals surface area contributed by atoms with Crippen molar-refractivity contribution in [2.75, 3.05) is 21.1 Å². The van der Waals surface area contributed by atoms with Crippen LogP contribution in [0, 0.1) is 11.8 Å². The molecule has 0 aliphatic heterocycles. The summed E-state index contributed by atoms with van der Waals surface area (Å²) in [4.78, 5) is 2.54. The zero-order valence-electron chi connectivity index (χ0n) is 12.8. The van der Waals surface area contributed by atoms with Crippen LogP contribution in [0.1, 0.15) is 58.3 Å². The van der Waals surface area contributed by atoms with Gasteiger partial charge in [-0.05, 0) is 58.7 Å². The molecular weight excluding hydrogens is 220 g/mol. The van der Waals surface area contributed by atoms with Crippen molar-refractivity contribution in [3.05, 3.63) is 0 Å². The zero-order valence-corrected chi connectivity index (χ0v) is 12.8. The van der Waals surface area contributed by atoms with Crippen LogP contribution in [0.4, 0.5) is 0 Å². The molecule has 2 aliphatic carbocycles. The van der Waals surface area contributed by atoms with Gasteiger partial charge in [-0.2, -0.15) is 0 Å². The molecule has 0 amide bonds. The predicted octanol–water partition coefficient (Wildman–Crippen LogP) is 3.28. The molecule has 2 nitrogen and oxygen atoms in total. The summed E-state index contributed by atoms with van der Waals surface area (Å²) in [5.41, 5.74) is 0.404. The molecule has 2 fully saturated rings. The van der Waals surface area contributed by atoms with Gasteiger partial charge in [-0.1, -0.05) is 32.6 Å². The summed E-state index contributed by atoms with van der Waals surface area (Å²) in [5.74, 6) is 1.79. The molecule has 0 spiro atoms. The summed E-state index contributed by atoms with van der Waals surface area (Å²) in [7, 11) is 6.79. The lowest BCUT2D eigenvalue weighted by atomic mass is 9.68. The van der Waals surface area contributed by atoms with Crippen molar-refractivity contribution in [1.29, 1.82) is 0 Å². The fourth-order valence-electron chi connectivity index (χ4n) is 4.76. The Bertz CT molecular complexity index is 258. The van der Waals surface area contributed by atoms with E-state index >= 15 is 0 Å². The minimum atomic E-state index is 0.404. The molecule has 0 radical (unpaired) electrons. The maximum absolute atomic E-state index is 3.71. The lowest BCUT2D eigenvalue weighted by Gasteiger charge is -2.52. The van der Waals surface area contributed by atoms with Gasteiger partial charge in [0, 0.05) is 11.6 Å². The van der Waals surface area contributed by atoms with Gasteiger partial charge < -0.3 is 10.2 Å². The molecule has 0 heterocycles. The fraction of sp³-hybridized carbons (Fsp3) is 1.00. The molecule has 3 unspecified atom stereocenters. The van der Waals surface area contributed by atoms with Gasteiger partial charge in [0.05, 0.1) is 0 Å². The van der Waals surface area contributed by atoms with Gasteiger partial charge in [0.25, 0.3) is 0 Å². The van der Waals surface area contributed by atoms with Gasteiger partial charge in [0.15, 0.2) is 0 Å². The largest absolute Gasteiger partial charge is 0.315 e. The van der Waals surface area contributed by atoms with Gasteiger partial charge in [-0.3, -0.25) is 0 Å². The highest BCUT2D eigenvalue weighted by atomic mass is 15.2. The van der Waals surface area contributed by atoms with Gasteiger partial charge in [0.1, 0.15) is 0 Å². The lowest BCUT2D eigenvalue weighted by Crippen LogP contribution is -2.62. The highest BCUT2D eigenvalue weighted by molar-refractivity contribution is 5.04. The van der Waals surface area contributed by atoms with Crippen molar-refractivity contribution in [3.8, 4) is 0 Å². The topological polar surface area (TPSA) is 15.3 Å². The molecule has 2 saturated carbocycles. The van der Waals surface area contributed by atoms with Crippen molar-refractivity contribution in [3.63, 3.8) is 0 Å². The zero-order chi connectivity index (χ0) is 13.2. The second-order valence-electron chi connectivity index (χ2n) is 7.01. The number of nitrogens with zero attached hydrogens (tertiary/aromatic N) is 1. The van der Waals surface area contributed by atoms with Crippen LogP contribution in [-0.2, 0) is 0 Å². The van der Waals surface area contributed by atoms with E-state index in [0.29, 0.717) is 11.6 Å². The summed E-state index contributed by atoms with van der Waals surface area (Å²) >= 11 is 0. The van der Waals surface area contributed by atoms with Gasteiger partial charge >= 0.3 is 0 Å². The molecular formula is C16H32N2. The maximum Gasteiger partial charge on any atom is 0.0361 e. The molecule has 0 saturated heterocycles. The molecule has 0 aromatic rings. The van der Waals surface area contributed by atoms with Crippen molar-refractivity contribution in [2.45, 2.75) is 69.9 Å². The molecule has 0 aromatic heterocycles. The molecule has 2 heteroatoms. The van der Waals surface area contributed by atoms with E-state index in [1.54, 1.807) is 0 Å². The quantitative estimate of drug-likeness (QED) is 0.826. The average Bonchev–Trinajstić information content (AvgIpc) is 2.83. The first-order valence-corrected chi connectivity index (χ1v) is 7.95. The highest BCUT2D eigenvalue weighted by Crippen LogP contribution is 2.43. The third-order valence-electron chi connectivity index (χ3n) is 5.66. The predicted molar refractivity (Wildman–Crippen MR) is 78.9 cm³/mol. The van der Waals surface area contributed by atoms with E-state index in [4.69, 9.17) is 0 Å². The molecule has 0 bridgehead atoms. The first-order valence-electron chi connectivity index (χ1n) is 7.95. The van der Waals surface area contributed by atoms with Gasteiger partial charge in [-0.25, -0.2) is 0 Å². The van der Waals surface area contributed by atoms with E-state index in [2.05, 4.69) is 38.3 Å². The molecule has 2 rings (SSSR count). The monoisotopic (exact) mass is 252 g/mol. The minimum absolute atomic E-state index is 0.404. The molecule has 18 heavy (non-hydrogen) atoms. The van der Waals surface area contributed by atoms with E-state index in [0.717, 1.165) is 11.8 Å². The Hall–Kier alpha value is -0.0800. The van der Waals surface area contributed by atoms with E-state index in [-0.39, 0.29) is 0 Å². The summed E-state index contributed by atoms with van der Waals surface area (Å²) < 4.78 is 0. The Balaban J connectivity index is 2.20. The SMILES string of the molecule is CNC(C1CCCC1)C1(N(C)C)CCCC(C)C1. The van der Waals surface area contributed by atoms with Crippen molar-refractivity contribution in [2.24, 2.45) is 11.8 Å². The Morgan fingerprint density at radius 3 is 2.28 bits per heavy atom. The first-order chi connectivity index (χ1) is 8.60. The molecule has 2 aliphatic rings. The van der Waals surface area contributed by atoms with Crippen LogP contribution < -0.4 is 5.32 Å². The second kappa shape index (κ2) is 5.92. The van der Waals surface area contributed by atoms with Crippen molar-refractivity contribution < 1.29 is 0 Å². The Kier molecular flexibility index (Phi) is 4.71. The summed E-state index contributed by atoms with van der Waals surface area (Å²) in [6.07, 6.45) is 11.4. The minimum Gasteiger partial charge on any atom is -0.315 e. The Labute approximate surface area is 114 Å². The first kappa shape index (κ1) is 14.3. The van der Waals surface area contributed by atoms with Crippen LogP contribution in [0.2, 0.25) is 0 Å². The Morgan fingerprint density at radius 1 is 1.11 bits per heavy atom. The van der Waals surface area contributed by atoms with Crippen LogP contribution in [-0.4, -0.2) is 37.6 Å². The van der Waals surface area contributed by atoms with E-state index in [1.165, 1.54) is 51.4 Å². The van der Waals surface area contributed by atoms with Crippen LogP contribution in [0.25, 0.3) is 0 Å². The third kappa shape index (κ3) is 2.60. The number of likely N-dealkylation sites (N-methyl/N-ethyl adjacent to an activating group) is 2. The van der Waals surface area contributed by atoms with Crippen LogP contribution in [0.3, 0.4) is 0 Å². The average molecular weight is 252 g/mol. The summed E-state index contributed by atoms with van der Waals surface area (Å²) in [6, 6.07) is 0.692. The van der Waals surface area contributed by atoms with Crippen LogP contribution in [0.15, 0.2) is 0 Å². The number of hydrogen-bond donors (Lipinski definition) is 1. The number of hydrogen-bond acceptors (Lipinski definition) is 2. The molecule has 3 atom stereocenters. The van der Waals surface area contributed by atoms with Gasteiger partial charge in [0.2, 0.25) is 0 Å². The third-order valence-corrected chi connectivity index (χ3v) is 5.66. The van der Waals surface area contributed by atoms with Crippen LogP contribution in [0.5, 0.6) is 0 Å². The summed E-state index contributed by atoms with van der Waals surface area (Å²) in [5, 5.41) is 3.71. The normalized spacial score (nSPS) is 36.2.